The van der Waals surface area contributed by atoms with Gasteiger partial charge in [-0.05, 0) is 30.5 Å². The van der Waals surface area contributed by atoms with Gasteiger partial charge in [0.15, 0.2) is 0 Å². The number of rotatable bonds is 5. The Hall–Kier alpha value is -1.53. The monoisotopic (exact) mass is 299 g/mol. The Morgan fingerprint density at radius 1 is 1.33 bits per heavy atom. The van der Waals surface area contributed by atoms with Crippen molar-refractivity contribution in [3.05, 3.63) is 35.4 Å². The van der Waals surface area contributed by atoms with Gasteiger partial charge in [0.1, 0.15) is 17.2 Å². The minimum absolute atomic E-state index is 0.0258. The largest absolute Gasteiger partial charge is 0.468 e. The first-order valence-electron chi connectivity index (χ1n) is 6.94. The molecule has 1 atom stereocenters. The van der Waals surface area contributed by atoms with Crippen molar-refractivity contribution in [3.8, 4) is 0 Å². The van der Waals surface area contributed by atoms with E-state index in [1.54, 1.807) is 0 Å². The van der Waals surface area contributed by atoms with E-state index in [1.807, 2.05) is 0 Å². The summed E-state index contributed by atoms with van der Waals surface area (Å²) in [6.07, 6.45) is 1.95. The predicted octanol–water partition coefficient (Wildman–Crippen LogP) is 2.07. The molecule has 1 aliphatic carbocycles. The van der Waals surface area contributed by atoms with Crippen molar-refractivity contribution in [2.75, 3.05) is 13.7 Å². The van der Waals surface area contributed by atoms with E-state index in [9.17, 15) is 18.7 Å². The zero-order valence-corrected chi connectivity index (χ0v) is 11.9. The molecular weight excluding hydrogens is 280 g/mol. The van der Waals surface area contributed by atoms with Crippen molar-refractivity contribution in [3.63, 3.8) is 0 Å². The van der Waals surface area contributed by atoms with Crippen LogP contribution in [0.2, 0.25) is 0 Å². The van der Waals surface area contributed by atoms with Gasteiger partial charge in [-0.2, -0.15) is 0 Å². The number of halogens is 2. The molecular formula is C15H19F2NO3. The number of β-amino-alcohol motifs (C(OH)–C–C–N with tert-alkyl or cyclic N) is 1. The van der Waals surface area contributed by atoms with Crippen LogP contribution in [0.25, 0.3) is 0 Å². The second kappa shape index (κ2) is 6.49. The molecule has 0 radical (unpaired) electrons. The summed E-state index contributed by atoms with van der Waals surface area (Å²) in [5.74, 6) is -1.85. The second-order valence-electron chi connectivity index (χ2n) is 5.38. The third-order valence-corrected chi connectivity index (χ3v) is 3.94. The summed E-state index contributed by atoms with van der Waals surface area (Å²) in [5.41, 5.74) is -0.667. The molecule has 0 aromatic heterocycles. The predicted molar refractivity (Wildman–Crippen MR) is 72.5 cm³/mol. The molecule has 21 heavy (non-hydrogen) atoms. The molecule has 6 heteroatoms. The summed E-state index contributed by atoms with van der Waals surface area (Å²) in [4.78, 5) is 11.9. The highest BCUT2D eigenvalue weighted by Crippen LogP contribution is 2.31. The maximum atomic E-state index is 13.1. The number of nitrogens with one attached hydrogen (secondary N) is 1. The number of benzene rings is 1. The number of esters is 1. The lowest BCUT2D eigenvalue weighted by molar-refractivity contribution is -0.148. The molecule has 1 aromatic rings. The van der Waals surface area contributed by atoms with E-state index < -0.39 is 23.3 Å². The van der Waals surface area contributed by atoms with Gasteiger partial charge in [0.2, 0.25) is 0 Å². The lowest BCUT2D eigenvalue weighted by atomic mass is 9.97. The first-order valence-corrected chi connectivity index (χ1v) is 6.94. The van der Waals surface area contributed by atoms with E-state index in [1.165, 1.54) is 7.11 Å². The molecule has 2 N–H and O–H groups in total. The van der Waals surface area contributed by atoms with Crippen molar-refractivity contribution in [1.82, 2.24) is 5.32 Å². The Bertz CT molecular complexity index is 495. The molecule has 0 spiro atoms. The molecule has 4 nitrogen and oxygen atoms in total. The molecule has 0 aliphatic heterocycles. The number of hydrogen-bond donors (Lipinski definition) is 2. The summed E-state index contributed by atoms with van der Waals surface area (Å²) >= 11 is 0. The van der Waals surface area contributed by atoms with Crippen LogP contribution in [0, 0.1) is 11.6 Å². The standard InChI is InChI=1S/C15H19F2NO3/c1-21-14(20)15(4-2-3-5-15)18-9-13(19)10-6-11(16)8-12(17)7-10/h6-8,13,18-19H,2-5,9H2,1H3/t13-/m1/s1. The van der Waals surface area contributed by atoms with Gasteiger partial charge >= 0.3 is 5.97 Å². The van der Waals surface area contributed by atoms with Gasteiger partial charge in [-0.25, -0.2) is 8.78 Å². The maximum absolute atomic E-state index is 13.1. The molecule has 0 unspecified atom stereocenters. The SMILES string of the molecule is COC(=O)C1(NC[C@@H](O)c2cc(F)cc(F)c2)CCCC1. The fourth-order valence-electron chi connectivity index (χ4n) is 2.80. The van der Waals surface area contributed by atoms with Gasteiger partial charge in [-0.1, -0.05) is 12.8 Å². The van der Waals surface area contributed by atoms with Gasteiger partial charge in [-0.15, -0.1) is 0 Å². The minimum atomic E-state index is -1.10. The highest BCUT2D eigenvalue weighted by Gasteiger charge is 2.42. The lowest BCUT2D eigenvalue weighted by Crippen LogP contribution is -2.51. The van der Waals surface area contributed by atoms with Crippen LogP contribution in [0.5, 0.6) is 0 Å². The van der Waals surface area contributed by atoms with Crippen LogP contribution >= 0.6 is 0 Å². The molecule has 1 aliphatic rings. The van der Waals surface area contributed by atoms with E-state index in [0.29, 0.717) is 12.8 Å². The Morgan fingerprint density at radius 3 is 2.43 bits per heavy atom. The van der Waals surface area contributed by atoms with Gasteiger partial charge in [-0.3, -0.25) is 10.1 Å². The Balaban J connectivity index is 2.05. The van der Waals surface area contributed by atoms with Crippen molar-refractivity contribution < 1.29 is 23.4 Å². The van der Waals surface area contributed by atoms with E-state index >= 15 is 0 Å². The summed E-state index contributed by atoms with van der Waals surface area (Å²) in [5, 5.41) is 13.1. The van der Waals surface area contributed by atoms with Crippen LogP contribution in [0.15, 0.2) is 18.2 Å². The van der Waals surface area contributed by atoms with E-state index in [2.05, 4.69) is 5.32 Å². The van der Waals surface area contributed by atoms with E-state index in [4.69, 9.17) is 4.74 Å². The molecule has 116 valence electrons. The van der Waals surface area contributed by atoms with Gasteiger partial charge in [0.25, 0.3) is 0 Å². The number of methoxy groups -OCH3 is 1. The van der Waals surface area contributed by atoms with E-state index in [0.717, 1.165) is 31.0 Å². The van der Waals surface area contributed by atoms with Crippen LogP contribution in [0.4, 0.5) is 8.78 Å². The fraction of sp³-hybridized carbons (Fsp3) is 0.533. The first kappa shape index (κ1) is 15.9. The number of aliphatic hydroxyl groups excluding tert-OH is 1. The smallest absolute Gasteiger partial charge is 0.326 e. The van der Waals surface area contributed by atoms with Crippen LogP contribution in [-0.2, 0) is 9.53 Å². The molecule has 2 rings (SSSR count). The normalized spacial score (nSPS) is 18.5. The Morgan fingerprint density at radius 2 is 1.90 bits per heavy atom. The Kier molecular flexibility index (Phi) is 4.90. The lowest BCUT2D eigenvalue weighted by Gasteiger charge is -2.28. The Labute approximate surface area is 122 Å². The van der Waals surface area contributed by atoms with E-state index in [-0.39, 0.29) is 18.1 Å². The average molecular weight is 299 g/mol. The summed E-state index contributed by atoms with van der Waals surface area (Å²) in [7, 11) is 1.32. The number of aliphatic hydroxyl groups is 1. The number of carbonyl (C=O) groups is 1. The van der Waals surface area contributed by atoms with Crippen LogP contribution < -0.4 is 5.32 Å². The topological polar surface area (TPSA) is 58.6 Å². The molecule has 1 fully saturated rings. The zero-order chi connectivity index (χ0) is 15.5. The highest BCUT2D eigenvalue weighted by molar-refractivity contribution is 5.81. The molecule has 1 aromatic carbocycles. The summed E-state index contributed by atoms with van der Waals surface area (Å²) in [6.45, 7) is 0.0258. The summed E-state index contributed by atoms with van der Waals surface area (Å²) < 4.78 is 31.1. The third kappa shape index (κ3) is 3.57. The second-order valence-corrected chi connectivity index (χ2v) is 5.38. The highest BCUT2D eigenvalue weighted by atomic mass is 19.1. The van der Waals surface area contributed by atoms with Crippen molar-refractivity contribution in [1.29, 1.82) is 0 Å². The zero-order valence-electron chi connectivity index (χ0n) is 11.9. The molecule has 0 saturated heterocycles. The van der Waals surface area contributed by atoms with Gasteiger partial charge in [0.05, 0.1) is 13.2 Å². The van der Waals surface area contributed by atoms with Gasteiger partial charge < -0.3 is 9.84 Å². The van der Waals surface area contributed by atoms with Gasteiger partial charge in [0, 0.05) is 12.6 Å². The molecule has 0 heterocycles. The number of hydrogen-bond acceptors (Lipinski definition) is 4. The average Bonchev–Trinajstić information content (AvgIpc) is 2.93. The fourth-order valence-corrected chi connectivity index (χ4v) is 2.80. The van der Waals surface area contributed by atoms with Crippen LogP contribution in [0.1, 0.15) is 37.4 Å². The summed E-state index contributed by atoms with van der Waals surface area (Å²) in [6, 6.07) is 2.90. The van der Waals surface area contributed by atoms with Crippen LogP contribution in [-0.4, -0.2) is 30.3 Å². The molecule has 1 saturated carbocycles. The third-order valence-electron chi connectivity index (χ3n) is 3.94. The maximum Gasteiger partial charge on any atom is 0.326 e. The van der Waals surface area contributed by atoms with Crippen LogP contribution in [0.3, 0.4) is 0 Å². The molecule has 0 bridgehead atoms. The number of carbonyl (C=O) groups excluding carboxylic acids is 1. The first-order chi connectivity index (χ1) is 9.97. The quantitative estimate of drug-likeness (QED) is 0.817. The van der Waals surface area contributed by atoms with Crippen molar-refractivity contribution >= 4 is 5.97 Å². The minimum Gasteiger partial charge on any atom is -0.468 e. The van der Waals surface area contributed by atoms with Crippen molar-refractivity contribution in [2.45, 2.75) is 37.3 Å². The number of ether oxygens (including phenoxy) is 1. The van der Waals surface area contributed by atoms with Crippen molar-refractivity contribution in [2.24, 2.45) is 0 Å². The molecule has 0 amide bonds.